The van der Waals surface area contributed by atoms with Crippen LogP contribution in [0.4, 0.5) is 5.69 Å². The topological polar surface area (TPSA) is 64.6 Å². The Hall–Kier alpha value is -3.12. The Kier molecular flexibility index (Phi) is 6.45. The van der Waals surface area contributed by atoms with Gasteiger partial charge in [0.1, 0.15) is 11.5 Å². The Morgan fingerprint density at radius 2 is 1.46 bits per heavy atom. The van der Waals surface area contributed by atoms with E-state index >= 15 is 0 Å². The highest BCUT2D eigenvalue weighted by atomic mass is 79.9. The number of carbonyl (C=O) groups excluding carboxylic acids is 2. The van der Waals surface area contributed by atoms with Gasteiger partial charge in [-0.2, -0.15) is 0 Å². The number of amides is 1. The summed E-state index contributed by atoms with van der Waals surface area (Å²) in [5.74, 6) is 0.152. The van der Waals surface area contributed by atoms with Crippen molar-refractivity contribution >= 4 is 33.5 Å². The van der Waals surface area contributed by atoms with Crippen molar-refractivity contribution in [2.24, 2.45) is 0 Å². The van der Waals surface area contributed by atoms with E-state index < -0.39 is 5.97 Å². The van der Waals surface area contributed by atoms with E-state index in [2.05, 4.69) is 21.2 Å². The summed E-state index contributed by atoms with van der Waals surface area (Å²) in [5.41, 5.74) is 2.30. The predicted octanol–water partition coefficient (Wildman–Crippen LogP) is 4.99. The summed E-state index contributed by atoms with van der Waals surface area (Å²) >= 11 is 3.33. The van der Waals surface area contributed by atoms with Gasteiger partial charge in [0.25, 0.3) is 5.91 Å². The first kappa shape index (κ1) is 19.6. The van der Waals surface area contributed by atoms with E-state index in [0.29, 0.717) is 17.1 Å². The Morgan fingerprint density at radius 3 is 2.11 bits per heavy atom. The number of anilines is 1. The van der Waals surface area contributed by atoms with Gasteiger partial charge in [0, 0.05) is 15.7 Å². The summed E-state index contributed by atoms with van der Waals surface area (Å²) in [6.45, 7) is 1.77. The number of hydrogen-bond acceptors (Lipinski definition) is 4. The highest BCUT2D eigenvalue weighted by Gasteiger charge is 2.09. The van der Waals surface area contributed by atoms with Crippen LogP contribution >= 0.6 is 15.9 Å². The smallest absolute Gasteiger partial charge is 0.349 e. The van der Waals surface area contributed by atoms with Crippen molar-refractivity contribution in [3.63, 3.8) is 0 Å². The van der Waals surface area contributed by atoms with Crippen molar-refractivity contribution in [1.29, 1.82) is 0 Å². The number of benzene rings is 3. The highest BCUT2D eigenvalue weighted by Crippen LogP contribution is 2.17. The van der Waals surface area contributed by atoms with Gasteiger partial charge in [-0.05, 0) is 67.6 Å². The molecule has 0 saturated carbocycles. The van der Waals surface area contributed by atoms with Crippen molar-refractivity contribution in [3.05, 3.63) is 88.4 Å². The van der Waals surface area contributed by atoms with Crippen LogP contribution in [-0.4, -0.2) is 18.5 Å². The van der Waals surface area contributed by atoms with Crippen molar-refractivity contribution in [2.75, 3.05) is 11.9 Å². The summed E-state index contributed by atoms with van der Waals surface area (Å²) in [4.78, 5) is 24.2. The molecule has 3 aromatic carbocycles. The Bertz CT molecular complexity index is 951. The van der Waals surface area contributed by atoms with Gasteiger partial charge in [-0.3, -0.25) is 4.79 Å². The molecule has 3 aromatic rings. The molecule has 0 aliphatic rings. The Balaban J connectivity index is 1.51. The zero-order valence-electron chi connectivity index (χ0n) is 15.1. The monoisotopic (exact) mass is 439 g/mol. The molecule has 0 bridgehead atoms. The minimum absolute atomic E-state index is 0.211. The van der Waals surface area contributed by atoms with E-state index in [4.69, 9.17) is 9.47 Å². The zero-order chi connectivity index (χ0) is 19.9. The first-order valence-electron chi connectivity index (χ1n) is 8.57. The van der Waals surface area contributed by atoms with Crippen molar-refractivity contribution in [2.45, 2.75) is 6.92 Å². The number of nitrogens with one attached hydrogen (secondary N) is 1. The lowest BCUT2D eigenvalue weighted by Crippen LogP contribution is -2.18. The molecule has 0 radical (unpaired) electrons. The van der Waals surface area contributed by atoms with E-state index in [-0.39, 0.29) is 12.5 Å². The standard InChI is InChI=1S/C22H18BrNO4/c1-15-2-8-18(9-3-15)24-22(26)16-4-10-20(11-5-16)28-21(25)14-27-19-12-6-17(23)7-13-19/h2-13H,14H2,1H3,(H,24,26). The molecule has 1 N–H and O–H groups in total. The molecule has 0 aromatic heterocycles. The Morgan fingerprint density at radius 1 is 0.857 bits per heavy atom. The average molecular weight is 440 g/mol. The molecular weight excluding hydrogens is 422 g/mol. The summed E-state index contributed by atoms with van der Waals surface area (Å²) in [5, 5.41) is 2.82. The van der Waals surface area contributed by atoms with Crippen LogP contribution in [0.2, 0.25) is 0 Å². The van der Waals surface area contributed by atoms with Crippen molar-refractivity contribution < 1.29 is 19.1 Å². The fourth-order valence-corrected chi connectivity index (χ4v) is 2.61. The lowest BCUT2D eigenvalue weighted by molar-refractivity contribution is -0.136. The van der Waals surface area contributed by atoms with Crippen LogP contribution in [-0.2, 0) is 4.79 Å². The summed E-state index contributed by atoms with van der Waals surface area (Å²) in [6.07, 6.45) is 0. The van der Waals surface area contributed by atoms with Gasteiger partial charge < -0.3 is 14.8 Å². The molecule has 0 heterocycles. The molecule has 142 valence electrons. The van der Waals surface area contributed by atoms with Crippen molar-refractivity contribution in [1.82, 2.24) is 0 Å². The summed E-state index contributed by atoms with van der Waals surface area (Å²) in [6, 6.07) is 21.0. The fraction of sp³-hybridized carbons (Fsp3) is 0.0909. The maximum absolute atomic E-state index is 12.3. The maximum Gasteiger partial charge on any atom is 0.349 e. The van der Waals surface area contributed by atoms with E-state index in [1.165, 1.54) is 0 Å². The van der Waals surface area contributed by atoms with Crippen LogP contribution in [0.5, 0.6) is 11.5 Å². The second kappa shape index (κ2) is 9.19. The average Bonchev–Trinajstić information content (AvgIpc) is 2.70. The van der Waals surface area contributed by atoms with Crippen LogP contribution in [0.1, 0.15) is 15.9 Å². The number of ether oxygens (including phenoxy) is 2. The molecule has 28 heavy (non-hydrogen) atoms. The maximum atomic E-state index is 12.3. The molecule has 0 aliphatic heterocycles. The third-order valence-electron chi connectivity index (χ3n) is 3.83. The minimum Gasteiger partial charge on any atom is -0.482 e. The van der Waals surface area contributed by atoms with Crippen molar-refractivity contribution in [3.8, 4) is 11.5 Å². The second-order valence-electron chi connectivity index (χ2n) is 6.06. The first-order valence-corrected chi connectivity index (χ1v) is 9.36. The summed E-state index contributed by atoms with van der Waals surface area (Å²) < 4.78 is 11.5. The SMILES string of the molecule is Cc1ccc(NC(=O)c2ccc(OC(=O)COc3ccc(Br)cc3)cc2)cc1. The molecule has 6 heteroatoms. The number of carbonyl (C=O) groups is 2. The third-order valence-corrected chi connectivity index (χ3v) is 4.36. The fourth-order valence-electron chi connectivity index (χ4n) is 2.35. The molecule has 0 fully saturated rings. The Labute approximate surface area is 171 Å². The molecule has 0 saturated heterocycles. The molecule has 0 atom stereocenters. The second-order valence-corrected chi connectivity index (χ2v) is 6.98. The summed E-state index contributed by atoms with van der Waals surface area (Å²) in [7, 11) is 0. The van der Waals surface area contributed by atoms with Crippen LogP contribution in [0.3, 0.4) is 0 Å². The van der Waals surface area contributed by atoms with Gasteiger partial charge in [-0.15, -0.1) is 0 Å². The van der Waals surface area contributed by atoms with Gasteiger partial charge in [0.05, 0.1) is 0 Å². The lowest BCUT2D eigenvalue weighted by atomic mass is 10.2. The van der Waals surface area contributed by atoms with E-state index in [1.807, 2.05) is 43.3 Å². The number of esters is 1. The predicted molar refractivity (Wildman–Crippen MR) is 111 cm³/mol. The number of aryl methyl sites for hydroxylation is 1. The van der Waals surface area contributed by atoms with Gasteiger partial charge in [-0.25, -0.2) is 4.79 Å². The highest BCUT2D eigenvalue weighted by molar-refractivity contribution is 9.10. The first-order chi connectivity index (χ1) is 13.5. The molecule has 3 rings (SSSR count). The molecular formula is C22H18BrNO4. The zero-order valence-corrected chi connectivity index (χ0v) is 16.7. The van der Waals surface area contributed by atoms with Gasteiger partial charge in [0.15, 0.2) is 6.61 Å². The number of hydrogen-bond donors (Lipinski definition) is 1. The van der Waals surface area contributed by atoms with Gasteiger partial charge >= 0.3 is 5.97 Å². The molecule has 0 spiro atoms. The van der Waals surface area contributed by atoms with Crippen LogP contribution in [0.25, 0.3) is 0 Å². The largest absolute Gasteiger partial charge is 0.482 e. The van der Waals surface area contributed by atoms with Crippen LogP contribution < -0.4 is 14.8 Å². The van der Waals surface area contributed by atoms with Gasteiger partial charge in [-0.1, -0.05) is 33.6 Å². The van der Waals surface area contributed by atoms with E-state index in [9.17, 15) is 9.59 Å². The lowest BCUT2D eigenvalue weighted by Gasteiger charge is -2.08. The van der Waals surface area contributed by atoms with Crippen LogP contribution in [0, 0.1) is 6.92 Å². The number of rotatable bonds is 6. The van der Waals surface area contributed by atoms with Crippen LogP contribution in [0.15, 0.2) is 77.3 Å². The molecule has 5 nitrogen and oxygen atoms in total. The van der Waals surface area contributed by atoms with E-state index in [0.717, 1.165) is 15.7 Å². The van der Waals surface area contributed by atoms with E-state index in [1.54, 1.807) is 36.4 Å². The molecule has 0 unspecified atom stereocenters. The third kappa shape index (κ3) is 5.69. The van der Waals surface area contributed by atoms with Gasteiger partial charge in [0.2, 0.25) is 0 Å². The molecule has 0 aliphatic carbocycles. The minimum atomic E-state index is -0.528. The number of halogens is 1. The molecule has 1 amide bonds. The quantitative estimate of drug-likeness (QED) is 0.433. The normalized spacial score (nSPS) is 10.2.